The molecule has 1 aromatic carbocycles. The number of rotatable bonds is 7. The summed E-state index contributed by atoms with van der Waals surface area (Å²) in [5, 5.41) is 0.719. The quantitative estimate of drug-likeness (QED) is 0.420. The summed E-state index contributed by atoms with van der Waals surface area (Å²) in [5.41, 5.74) is -2.36. The Kier molecular flexibility index (Phi) is 5.85. The predicted octanol–water partition coefficient (Wildman–Crippen LogP) is 6.49. The summed E-state index contributed by atoms with van der Waals surface area (Å²) < 4.78 is 41.6. The molecule has 0 aliphatic heterocycles. The molecule has 0 spiro atoms. The van der Waals surface area contributed by atoms with Crippen LogP contribution >= 0.6 is 35.6 Å². The largest absolute Gasteiger partial charge is 0.349 e. The first kappa shape index (κ1) is 18.9. The van der Waals surface area contributed by atoms with Crippen LogP contribution in [-0.2, 0) is 14.7 Å². The molecule has 0 aliphatic carbocycles. The molecule has 1 N–H and O–H groups in total. The van der Waals surface area contributed by atoms with Crippen molar-refractivity contribution in [1.82, 2.24) is 9.97 Å². The van der Waals surface area contributed by atoms with Gasteiger partial charge in [-0.2, -0.15) is 8.78 Å². The second-order valence-corrected chi connectivity index (χ2v) is 8.47. The second kappa shape index (κ2) is 7.76. The van der Waals surface area contributed by atoms with Crippen molar-refractivity contribution >= 4 is 45.7 Å². The van der Waals surface area contributed by atoms with Crippen molar-refractivity contribution in [3.8, 4) is 11.4 Å². The van der Waals surface area contributed by atoms with E-state index >= 15 is 8.78 Å². The average molecular weight is 449 g/mol. The van der Waals surface area contributed by atoms with Gasteiger partial charge in [-0.3, -0.25) is 0 Å². The first-order chi connectivity index (χ1) is 12.0. The highest BCUT2D eigenvalue weighted by molar-refractivity contribution is 9.10. The van der Waals surface area contributed by atoms with Gasteiger partial charge in [-0.15, -0.1) is 11.3 Å². The summed E-state index contributed by atoms with van der Waals surface area (Å²) in [5.74, 6) is 0.694. The number of nitrogens with one attached hydrogen (secondary N) is 1. The number of hydrogen-bond donors (Lipinski definition) is 1. The summed E-state index contributed by atoms with van der Waals surface area (Å²) in [6.07, 6.45) is 3.37. The highest BCUT2D eigenvalue weighted by Gasteiger charge is 2.47. The van der Waals surface area contributed by atoms with Crippen LogP contribution < -0.4 is 0 Å². The lowest BCUT2D eigenvalue weighted by Gasteiger charge is -2.24. The number of fused-ring (bicyclic) bond motifs is 1. The Hall–Kier alpha value is -0.920. The van der Waals surface area contributed by atoms with Crippen LogP contribution in [0.15, 0.2) is 35.1 Å². The minimum Gasteiger partial charge on any atom is -0.345 e. The fraction of sp³-hybridized carbons (Fsp3) is 0.312. The van der Waals surface area contributed by atoms with E-state index < -0.39 is 14.0 Å². The number of imidazole rings is 1. The number of aromatic nitrogens is 2. The summed E-state index contributed by atoms with van der Waals surface area (Å²) in [7, 11) is -2.35. The molecule has 25 heavy (non-hydrogen) atoms. The molecule has 0 unspecified atom stereocenters. The maximum atomic E-state index is 15.0. The number of nitrogens with zero attached hydrogens (tertiary/aromatic N) is 1. The molecular weight excluding hydrogens is 433 g/mol. The van der Waals surface area contributed by atoms with Gasteiger partial charge in [-0.05, 0) is 48.0 Å². The van der Waals surface area contributed by atoms with Crippen LogP contribution in [0.5, 0.6) is 0 Å². The maximum absolute atomic E-state index is 15.0. The molecule has 0 amide bonds. The van der Waals surface area contributed by atoms with Crippen LogP contribution in [0, 0.1) is 0 Å². The fourth-order valence-electron chi connectivity index (χ4n) is 2.35. The second-order valence-electron chi connectivity index (χ2n) is 5.03. The minimum absolute atomic E-state index is 0.0768. The van der Waals surface area contributed by atoms with Crippen LogP contribution in [-0.4, -0.2) is 23.2 Å². The topological polar surface area (TPSA) is 47.1 Å². The fourth-order valence-corrected chi connectivity index (χ4v) is 5.91. The van der Waals surface area contributed by atoms with Crippen molar-refractivity contribution in [2.24, 2.45) is 0 Å². The molecule has 2 heterocycles. The van der Waals surface area contributed by atoms with Gasteiger partial charge >= 0.3 is 5.66 Å². The summed E-state index contributed by atoms with van der Waals surface area (Å²) in [6, 6.07) is 5.53. The van der Waals surface area contributed by atoms with E-state index in [0.717, 1.165) is 27.0 Å². The Morgan fingerprint density at radius 1 is 1.28 bits per heavy atom. The molecule has 9 heteroatoms. The number of alkyl halides is 2. The highest BCUT2D eigenvalue weighted by Crippen LogP contribution is 2.63. The number of hydrogen-bond acceptors (Lipinski definition) is 4. The van der Waals surface area contributed by atoms with Gasteiger partial charge in [0.2, 0.25) is 0 Å². The minimum atomic E-state index is -3.20. The van der Waals surface area contributed by atoms with Crippen molar-refractivity contribution in [2.75, 3.05) is 13.2 Å². The van der Waals surface area contributed by atoms with Gasteiger partial charge in [0.1, 0.15) is 5.82 Å². The number of thiophene rings is 1. The van der Waals surface area contributed by atoms with Crippen LogP contribution in [0.4, 0.5) is 8.78 Å². The molecular formula is C16H16BrF2N2O2PS. The molecule has 0 atom stereocenters. The predicted molar refractivity (Wildman–Crippen MR) is 101 cm³/mol. The smallest absolute Gasteiger partial charge is 0.345 e. The van der Waals surface area contributed by atoms with Gasteiger partial charge in [-0.25, -0.2) is 4.98 Å². The van der Waals surface area contributed by atoms with E-state index in [4.69, 9.17) is 9.05 Å². The Morgan fingerprint density at radius 3 is 2.60 bits per heavy atom. The lowest BCUT2D eigenvalue weighted by atomic mass is 10.1. The average Bonchev–Trinajstić information content (AvgIpc) is 3.23. The molecule has 0 aliphatic rings. The summed E-state index contributed by atoms with van der Waals surface area (Å²) in [4.78, 5) is 7.14. The third-order valence-electron chi connectivity index (χ3n) is 3.39. The maximum Gasteiger partial charge on any atom is 0.349 e. The van der Waals surface area contributed by atoms with Crippen molar-refractivity contribution in [3.63, 3.8) is 0 Å². The van der Waals surface area contributed by atoms with E-state index in [9.17, 15) is 0 Å². The Morgan fingerprint density at radius 2 is 2.00 bits per heavy atom. The van der Waals surface area contributed by atoms with Crippen molar-refractivity contribution < 1.29 is 17.8 Å². The molecule has 0 fully saturated rings. The van der Waals surface area contributed by atoms with E-state index in [-0.39, 0.29) is 18.1 Å². The molecule has 3 aromatic rings. The standard InChI is InChI=1S/C16H16BrF2N2O2PS/c1-3-22-24(23-4-2)16(18,19)14-13(17)11-9-10(5-6-12(11)25-14)15-20-7-8-21-15/h5-9H,3-4H2,1-2H3,(H,20,21). The van der Waals surface area contributed by atoms with Gasteiger partial charge in [0, 0.05) is 32.5 Å². The van der Waals surface area contributed by atoms with Crippen molar-refractivity contribution in [2.45, 2.75) is 19.5 Å². The monoisotopic (exact) mass is 448 g/mol. The van der Waals surface area contributed by atoms with Crippen molar-refractivity contribution in [3.05, 3.63) is 39.9 Å². The zero-order valence-electron chi connectivity index (χ0n) is 13.6. The van der Waals surface area contributed by atoms with E-state index in [1.807, 2.05) is 18.2 Å². The highest BCUT2D eigenvalue weighted by atomic mass is 79.9. The Balaban J connectivity index is 2.06. The number of halogens is 3. The Labute approximate surface area is 157 Å². The van der Waals surface area contributed by atoms with E-state index in [1.54, 1.807) is 26.2 Å². The normalized spacial score (nSPS) is 12.4. The first-order valence-corrected chi connectivity index (χ1v) is 10.4. The third-order valence-corrected chi connectivity index (χ3v) is 7.54. The van der Waals surface area contributed by atoms with Gasteiger partial charge < -0.3 is 14.0 Å². The molecule has 4 nitrogen and oxygen atoms in total. The van der Waals surface area contributed by atoms with Gasteiger partial charge in [0.05, 0.1) is 18.1 Å². The SMILES string of the molecule is CCOP(OCC)C(F)(F)c1sc2ccc(-c3ncc[nH]3)cc2c1Br. The van der Waals surface area contributed by atoms with Gasteiger partial charge in [0.25, 0.3) is 8.38 Å². The molecule has 2 aromatic heterocycles. The van der Waals surface area contributed by atoms with Gasteiger partial charge in [-0.1, -0.05) is 0 Å². The first-order valence-electron chi connectivity index (χ1n) is 7.65. The molecule has 0 saturated carbocycles. The molecule has 0 bridgehead atoms. The molecule has 134 valence electrons. The van der Waals surface area contributed by atoms with E-state index in [1.165, 1.54) is 0 Å². The van der Waals surface area contributed by atoms with Crippen LogP contribution in [0.3, 0.4) is 0 Å². The zero-order valence-corrected chi connectivity index (χ0v) is 16.9. The Bertz CT molecular complexity index is 851. The van der Waals surface area contributed by atoms with Crippen LogP contribution in [0.1, 0.15) is 18.7 Å². The van der Waals surface area contributed by atoms with Crippen LogP contribution in [0.2, 0.25) is 0 Å². The molecule has 0 radical (unpaired) electrons. The van der Waals surface area contributed by atoms with Crippen LogP contribution in [0.25, 0.3) is 21.5 Å². The number of benzene rings is 1. The van der Waals surface area contributed by atoms with E-state index in [2.05, 4.69) is 25.9 Å². The third kappa shape index (κ3) is 3.64. The lowest BCUT2D eigenvalue weighted by molar-refractivity contribution is 0.0600. The lowest BCUT2D eigenvalue weighted by Crippen LogP contribution is -2.13. The molecule has 0 saturated heterocycles. The zero-order chi connectivity index (χ0) is 18.0. The number of H-pyrrole nitrogens is 1. The van der Waals surface area contributed by atoms with Crippen molar-refractivity contribution in [1.29, 1.82) is 0 Å². The summed E-state index contributed by atoms with van der Waals surface area (Å²) in [6.45, 7) is 3.71. The van der Waals surface area contributed by atoms with Gasteiger partial charge in [0.15, 0.2) is 0 Å². The number of aromatic amines is 1. The summed E-state index contributed by atoms with van der Waals surface area (Å²) >= 11 is 4.40. The van der Waals surface area contributed by atoms with E-state index in [0.29, 0.717) is 10.3 Å². The molecule has 3 rings (SSSR count).